The third kappa shape index (κ3) is 3.76. The number of halogens is 1. The van der Waals surface area contributed by atoms with E-state index in [0.29, 0.717) is 17.4 Å². The van der Waals surface area contributed by atoms with Crippen molar-refractivity contribution in [2.24, 2.45) is 0 Å². The Labute approximate surface area is 143 Å². The Morgan fingerprint density at radius 1 is 1.29 bits per heavy atom. The predicted molar refractivity (Wildman–Crippen MR) is 92.2 cm³/mol. The van der Waals surface area contributed by atoms with Gasteiger partial charge in [-0.1, -0.05) is 36.0 Å². The smallest absolute Gasteiger partial charge is 0.257 e. The first-order valence-corrected chi connectivity index (χ1v) is 8.42. The second-order valence-electron chi connectivity index (χ2n) is 5.53. The summed E-state index contributed by atoms with van der Waals surface area (Å²) in [6.45, 7) is 2.17. The Hall–Kier alpha value is -2.34. The molecule has 3 rings (SSSR count). The molecule has 6 heteroatoms. The van der Waals surface area contributed by atoms with Gasteiger partial charge in [-0.15, -0.1) is 0 Å². The van der Waals surface area contributed by atoms with Crippen molar-refractivity contribution < 1.29 is 13.6 Å². The first-order chi connectivity index (χ1) is 11.5. The summed E-state index contributed by atoms with van der Waals surface area (Å²) in [7, 11) is 1.70. The Morgan fingerprint density at radius 2 is 2.08 bits per heavy atom. The van der Waals surface area contributed by atoms with Crippen LogP contribution in [0.3, 0.4) is 0 Å². The largest absolute Gasteiger partial charge is 0.431 e. The van der Waals surface area contributed by atoms with E-state index in [1.807, 2.05) is 31.2 Å². The van der Waals surface area contributed by atoms with Crippen molar-refractivity contribution in [1.29, 1.82) is 0 Å². The van der Waals surface area contributed by atoms with Gasteiger partial charge in [-0.2, -0.15) is 0 Å². The number of amides is 1. The van der Waals surface area contributed by atoms with Gasteiger partial charge in [0.05, 0.1) is 5.25 Å². The molecule has 0 radical (unpaired) electrons. The van der Waals surface area contributed by atoms with E-state index in [4.69, 9.17) is 4.42 Å². The molecule has 3 aromatic rings. The average molecular weight is 344 g/mol. The summed E-state index contributed by atoms with van der Waals surface area (Å²) in [5, 5.41) is 0.118. The molecule has 0 saturated heterocycles. The van der Waals surface area contributed by atoms with E-state index in [1.54, 1.807) is 24.1 Å². The van der Waals surface area contributed by atoms with Crippen molar-refractivity contribution in [2.45, 2.75) is 23.9 Å². The zero-order valence-corrected chi connectivity index (χ0v) is 14.2. The Bertz CT molecular complexity index is 832. The molecule has 0 aliphatic carbocycles. The van der Waals surface area contributed by atoms with Crippen molar-refractivity contribution in [3.63, 3.8) is 0 Å². The van der Waals surface area contributed by atoms with Crippen LogP contribution in [-0.4, -0.2) is 28.1 Å². The van der Waals surface area contributed by atoms with E-state index >= 15 is 0 Å². The van der Waals surface area contributed by atoms with E-state index in [1.165, 1.54) is 23.9 Å². The first-order valence-electron chi connectivity index (χ1n) is 7.54. The number of hydrogen-bond acceptors (Lipinski definition) is 4. The predicted octanol–water partition coefficient (Wildman–Crippen LogP) is 4.11. The minimum atomic E-state index is -0.350. The van der Waals surface area contributed by atoms with Gasteiger partial charge in [0.25, 0.3) is 5.22 Å². The molecular weight excluding hydrogens is 327 g/mol. The normalized spacial score (nSPS) is 12.3. The molecule has 0 fully saturated rings. The highest BCUT2D eigenvalue weighted by Crippen LogP contribution is 2.27. The van der Waals surface area contributed by atoms with Crippen molar-refractivity contribution in [2.75, 3.05) is 7.05 Å². The van der Waals surface area contributed by atoms with Crippen LogP contribution < -0.4 is 0 Å². The van der Waals surface area contributed by atoms with Gasteiger partial charge in [0.15, 0.2) is 5.58 Å². The van der Waals surface area contributed by atoms with E-state index in [2.05, 4.69) is 4.98 Å². The highest BCUT2D eigenvalue weighted by atomic mass is 32.2. The zero-order chi connectivity index (χ0) is 17.1. The lowest BCUT2D eigenvalue weighted by molar-refractivity contribution is -0.129. The first kappa shape index (κ1) is 16.5. The van der Waals surface area contributed by atoms with Gasteiger partial charge in [-0.3, -0.25) is 4.79 Å². The van der Waals surface area contributed by atoms with Crippen LogP contribution in [-0.2, 0) is 11.3 Å². The molecule has 24 heavy (non-hydrogen) atoms. The second-order valence-corrected chi connectivity index (χ2v) is 6.82. The number of thioether (sulfide) groups is 1. The summed E-state index contributed by atoms with van der Waals surface area (Å²) in [4.78, 5) is 18.4. The molecular formula is C18H17FN2O2S. The minimum absolute atomic E-state index is 0.0634. The molecule has 0 bridgehead atoms. The molecule has 0 unspecified atom stereocenters. The fourth-order valence-corrected chi connectivity index (χ4v) is 3.27. The van der Waals surface area contributed by atoms with E-state index in [-0.39, 0.29) is 17.0 Å². The number of benzene rings is 2. The van der Waals surface area contributed by atoms with Crippen molar-refractivity contribution in [3.8, 4) is 0 Å². The van der Waals surface area contributed by atoms with Crippen LogP contribution in [0.4, 0.5) is 4.39 Å². The molecule has 124 valence electrons. The molecule has 0 N–H and O–H groups in total. The highest BCUT2D eigenvalue weighted by molar-refractivity contribution is 8.00. The molecule has 1 amide bonds. The minimum Gasteiger partial charge on any atom is -0.431 e. The summed E-state index contributed by atoms with van der Waals surface area (Å²) in [6.07, 6.45) is 0. The van der Waals surface area contributed by atoms with E-state index in [9.17, 15) is 9.18 Å². The summed E-state index contributed by atoms with van der Waals surface area (Å²) in [5.41, 5.74) is 2.23. The number of carbonyl (C=O) groups excluding carboxylic acids is 1. The van der Waals surface area contributed by atoms with Gasteiger partial charge in [0, 0.05) is 13.6 Å². The van der Waals surface area contributed by atoms with Gasteiger partial charge in [0.1, 0.15) is 11.3 Å². The number of oxazole rings is 1. The van der Waals surface area contributed by atoms with Crippen molar-refractivity contribution >= 4 is 28.8 Å². The lowest BCUT2D eigenvalue weighted by Crippen LogP contribution is -2.32. The third-order valence-corrected chi connectivity index (χ3v) is 4.52. The van der Waals surface area contributed by atoms with Crippen molar-refractivity contribution in [3.05, 3.63) is 59.9 Å². The summed E-state index contributed by atoms with van der Waals surface area (Å²) >= 11 is 1.28. The fourth-order valence-electron chi connectivity index (χ4n) is 2.40. The number of aromatic nitrogens is 1. The van der Waals surface area contributed by atoms with E-state index in [0.717, 1.165) is 11.1 Å². The number of fused-ring (bicyclic) bond motifs is 1. The molecule has 0 spiro atoms. The topological polar surface area (TPSA) is 46.3 Å². The molecule has 0 aliphatic rings. The standard InChI is InChI=1S/C18H17FN2O2S/c1-12(24-18-20-15-8-3-4-9-16(15)23-18)17(22)21(2)11-13-6-5-7-14(19)10-13/h3-10,12H,11H2,1-2H3/t12-/m0/s1. The highest BCUT2D eigenvalue weighted by Gasteiger charge is 2.21. The number of rotatable bonds is 5. The van der Waals surface area contributed by atoms with Gasteiger partial charge >= 0.3 is 0 Å². The Morgan fingerprint density at radius 3 is 2.83 bits per heavy atom. The van der Waals surface area contributed by atoms with Gasteiger partial charge in [-0.05, 0) is 36.8 Å². The van der Waals surface area contributed by atoms with Crippen LogP contribution >= 0.6 is 11.8 Å². The maximum atomic E-state index is 13.2. The SMILES string of the molecule is C[C@H](Sc1nc2ccccc2o1)C(=O)N(C)Cc1cccc(F)c1. The van der Waals surface area contributed by atoms with Crippen LogP contribution in [0.15, 0.2) is 58.2 Å². The molecule has 1 heterocycles. The zero-order valence-electron chi connectivity index (χ0n) is 13.4. The van der Waals surface area contributed by atoms with Gasteiger partial charge in [0.2, 0.25) is 5.91 Å². The molecule has 0 aliphatic heterocycles. The maximum Gasteiger partial charge on any atom is 0.257 e. The average Bonchev–Trinajstić information content (AvgIpc) is 2.96. The van der Waals surface area contributed by atoms with Crippen LogP contribution in [0.5, 0.6) is 0 Å². The molecule has 4 nitrogen and oxygen atoms in total. The quantitative estimate of drug-likeness (QED) is 0.654. The lowest BCUT2D eigenvalue weighted by atomic mass is 10.2. The maximum absolute atomic E-state index is 13.2. The summed E-state index contributed by atoms with van der Waals surface area (Å²) in [6, 6.07) is 13.7. The monoisotopic (exact) mass is 344 g/mol. The molecule has 0 saturated carbocycles. The second kappa shape index (κ2) is 7.05. The number of para-hydroxylation sites is 2. The van der Waals surface area contributed by atoms with Crippen LogP contribution in [0.2, 0.25) is 0 Å². The van der Waals surface area contributed by atoms with Crippen LogP contribution in [0.1, 0.15) is 12.5 Å². The van der Waals surface area contributed by atoms with Gasteiger partial charge in [-0.25, -0.2) is 9.37 Å². The molecule has 2 aromatic carbocycles. The number of hydrogen-bond donors (Lipinski definition) is 0. The van der Waals surface area contributed by atoms with Gasteiger partial charge < -0.3 is 9.32 Å². The summed E-state index contributed by atoms with van der Waals surface area (Å²) in [5.74, 6) is -0.367. The van der Waals surface area contributed by atoms with Crippen molar-refractivity contribution in [1.82, 2.24) is 9.88 Å². The Kier molecular flexibility index (Phi) is 4.85. The number of nitrogens with zero attached hydrogens (tertiary/aromatic N) is 2. The number of carbonyl (C=O) groups is 1. The van der Waals surface area contributed by atoms with E-state index < -0.39 is 0 Å². The lowest BCUT2D eigenvalue weighted by Gasteiger charge is -2.20. The Balaban J connectivity index is 1.65. The molecule has 1 aromatic heterocycles. The van der Waals surface area contributed by atoms with Crippen LogP contribution in [0, 0.1) is 5.82 Å². The fraction of sp³-hybridized carbons (Fsp3) is 0.222. The molecule has 1 atom stereocenters. The third-order valence-electron chi connectivity index (χ3n) is 3.58. The van der Waals surface area contributed by atoms with Crippen LogP contribution in [0.25, 0.3) is 11.1 Å². The summed E-state index contributed by atoms with van der Waals surface area (Å²) < 4.78 is 18.9.